The van der Waals surface area contributed by atoms with E-state index in [1.54, 1.807) is 0 Å². The van der Waals surface area contributed by atoms with E-state index in [0.29, 0.717) is 0 Å². The van der Waals surface area contributed by atoms with Gasteiger partial charge in [-0.05, 0) is 11.1 Å². The van der Waals surface area contributed by atoms with Crippen LogP contribution in [0.15, 0.2) is 60.7 Å². The molecule has 0 saturated carbocycles. The second-order valence-electron chi connectivity index (χ2n) is 5.01. The molecule has 0 atom stereocenters. The molecule has 0 radical (unpaired) electrons. The molecule has 0 aliphatic heterocycles. The summed E-state index contributed by atoms with van der Waals surface area (Å²) in [6.07, 6.45) is -0.456. The van der Waals surface area contributed by atoms with E-state index >= 15 is 0 Å². The van der Waals surface area contributed by atoms with Crippen molar-refractivity contribution < 1.29 is 19.1 Å². The summed E-state index contributed by atoms with van der Waals surface area (Å²) in [7, 11) is 0. The fourth-order valence-corrected chi connectivity index (χ4v) is 1.87. The molecule has 1 amide bonds. The molecule has 0 saturated heterocycles. The number of hydrogen-bond acceptors (Lipinski definition) is 5. The maximum Gasteiger partial charge on any atom is 0.421 e. The third-order valence-corrected chi connectivity index (χ3v) is 3.10. The maximum absolute atomic E-state index is 11.6. The Labute approximate surface area is 140 Å². The minimum atomic E-state index is -0.600. The zero-order valence-corrected chi connectivity index (χ0v) is 13.2. The molecule has 2 aromatic rings. The summed E-state index contributed by atoms with van der Waals surface area (Å²) in [5.41, 5.74) is 6.82. The van der Waals surface area contributed by atoms with Gasteiger partial charge < -0.3 is 9.47 Å². The van der Waals surface area contributed by atoms with Crippen LogP contribution in [-0.2, 0) is 27.5 Å². The van der Waals surface area contributed by atoms with Gasteiger partial charge in [0.15, 0.2) is 0 Å². The topological polar surface area (TPSA) is 76.7 Å². The third kappa shape index (κ3) is 6.93. The first-order chi connectivity index (χ1) is 11.7. The number of hydrogen-bond donors (Lipinski definition) is 2. The molecule has 24 heavy (non-hydrogen) atoms. The Morgan fingerprint density at radius 2 is 1.33 bits per heavy atom. The first-order valence-corrected chi connectivity index (χ1v) is 7.63. The highest BCUT2D eigenvalue weighted by atomic mass is 16.6. The van der Waals surface area contributed by atoms with Gasteiger partial charge in [-0.15, -0.1) is 0 Å². The minimum absolute atomic E-state index is 0.145. The molecule has 0 heterocycles. The van der Waals surface area contributed by atoms with Crippen LogP contribution in [0, 0.1) is 0 Å². The molecular weight excluding hydrogens is 308 g/mol. The Bertz CT molecular complexity index is 574. The van der Waals surface area contributed by atoms with Crippen molar-refractivity contribution in [2.45, 2.75) is 19.6 Å². The molecular formula is C18H20N2O4. The van der Waals surface area contributed by atoms with E-state index < -0.39 is 6.09 Å². The van der Waals surface area contributed by atoms with Crippen molar-refractivity contribution in [3.63, 3.8) is 0 Å². The molecule has 2 N–H and O–H groups in total. The van der Waals surface area contributed by atoms with Gasteiger partial charge >= 0.3 is 12.1 Å². The van der Waals surface area contributed by atoms with Gasteiger partial charge in [0.1, 0.15) is 13.2 Å². The predicted octanol–water partition coefficient (Wildman–Crippen LogP) is 2.55. The fraction of sp³-hybridized carbons (Fsp3) is 0.222. The highest BCUT2D eigenvalue weighted by Crippen LogP contribution is 2.01. The van der Waals surface area contributed by atoms with E-state index in [9.17, 15) is 9.59 Å². The van der Waals surface area contributed by atoms with Crippen LogP contribution < -0.4 is 10.9 Å². The average Bonchev–Trinajstić information content (AvgIpc) is 2.63. The number of carbonyl (C=O) groups excluding carboxylic acids is 2. The Hall–Kier alpha value is -2.86. The van der Waals surface area contributed by atoms with Crippen LogP contribution in [0.3, 0.4) is 0 Å². The van der Waals surface area contributed by atoms with Gasteiger partial charge in [-0.2, -0.15) is 0 Å². The number of amides is 1. The number of nitrogens with one attached hydrogen (secondary N) is 2. The predicted molar refractivity (Wildman–Crippen MR) is 88.6 cm³/mol. The molecule has 126 valence electrons. The lowest BCUT2D eigenvalue weighted by Gasteiger charge is -2.08. The SMILES string of the molecule is O=C(CCNNC(=O)OCc1ccccc1)OCc1ccccc1. The second kappa shape index (κ2) is 10.0. The third-order valence-electron chi connectivity index (χ3n) is 3.10. The molecule has 0 unspecified atom stereocenters. The second-order valence-corrected chi connectivity index (χ2v) is 5.01. The van der Waals surface area contributed by atoms with Crippen molar-refractivity contribution in [2.24, 2.45) is 0 Å². The van der Waals surface area contributed by atoms with Crippen LogP contribution in [0.4, 0.5) is 4.79 Å². The monoisotopic (exact) mass is 328 g/mol. The van der Waals surface area contributed by atoms with Gasteiger partial charge in [0.05, 0.1) is 6.42 Å². The van der Waals surface area contributed by atoms with Crippen LogP contribution in [0.1, 0.15) is 17.5 Å². The number of benzene rings is 2. The maximum atomic E-state index is 11.6. The largest absolute Gasteiger partial charge is 0.461 e. The molecule has 2 aromatic carbocycles. The van der Waals surface area contributed by atoms with Gasteiger partial charge in [-0.3, -0.25) is 10.2 Å². The zero-order chi connectivity index (χ0) is 17.0. The molecule has 2 rings (SSSR count). The van der Waals surface area contributed by atoms with E-state index in [2.05, 4.69) is 10.9 Å². The lowest BCUT2D eigenvalue weighted by molar-refractivity contribution is -0.144. The van der Waals surface area contributed by atoms with E-state index in [4.69, 9.17) is 9.47 Å². The Morgan fingerprint density at radius 1 is 0.792 bits per heavy atom. The molecule has 6 heteroatoms. The van der Waals surface area contributed by atoms with E-state index in [0.717, 1.165) is 11.1 Å². The van der Waals surface area contributed by atoms with Crippen molar-refractivity contribution in [2.75, 3.05) is 6.54 Å². The van der Waals surface area contributed by atoms with E-state index in [-0.39, 0.29) is 32.1 Å². The lowest BCUT2D eigenvalue weighted by Crippen LogP contribution is -2.39. The van der Waals surface area contributed by atoms with E-state index in [1.807, 2.05) is 60.7 Å². The standard InChI is InChI=1S/C18H20N2O4/c21-17(23-13-15-7-3-1-4-8-15)11-12-19-20-18(22)24-14-16-9-5-2-6-10-16/h1-10,19H,11-14H2,(H,20,22). The van der Waals surface area contributed by atoms with Crippen molar-refractivity contribution >= 4 is 12.1 Å². The molecule has 0 fully saturated rings. The highest BCUT2D eigenvalue weighted by molar-refractivity contribution is 5.70. The van der Waals surface area contributed by atoms with Crippen LogP contribution in [0.25, 0.3) is 0 Å². The van der Waals surface area contributed by atoms with Gasteiger partial charge in [-0.25, -0.2) is 10.2 Å². The van der Waals surface area contributed by atoms with Gasteiger partial charge in [0.2, 0.25) is 0 Å². The van der Waals surface area contributed by atoms with Crippen molar-refractivity contribution in [1.29, 1.82) is 0 Å². The number of rotatable bonds is 8. The molecule has 0 bridgehead atoms. The number of hydrazine groups is 1. The summed E-state index contributed by atoms with van der Waals surface area (Å²) in [4.78, 5) is 23.0. The first kappa shape index (κ1) is 17.5. The summed E-state index contributed by atoms with van der Waals surface area (Å²) < 4.78 is 10.1. The minimum Gasteiger partial charge on any atom is -0.461 e. The first-order valence-electron chi connectivity index (χ1n) is 7.63. The molecule has 0 aromatic heterocycles. The van der Waals surface area contributed by atoms with E-state index in [1.165, 1.54) is 0 Å². The smallest absolute Gasteiger partial charge is 0.421 e. The average molecular weight is 328 g/mol. The van der Waals surface area contributed by atoms with Gasteiger partial charge in [-0.1, -0.05) is 60.7 Å². The number of carbonyl (C=O) groups is 2. The molecule has 0 spiro atoms. The van der Waals surface area contributed by atoms with Crippen LogP contribution >= 0.6 is 0 Å². The van der Waals surface area contributed by atoms with Crippen molar-refractivity contribution in [1.82, 2.24) is 10.9 Å². The van der Waals surface area contributed by atoms with Gasteiger partial charge in [0.25, 0.3) is 0 Å². The van der Waals surface area contributed by atoms with Crippen LogP contribution in [0.5, 0.6) is 0 Å². The summed E-state index contributed by atoms with van der Waals surface area (Å²) in [6.45, 7) is 0.688. The Morgan fingerprint density at radius 3 is 1.92 bits per heavy atom. The molecule has 6 nitrogen and oxygen atoms in total. The number of esters is 1. The molecule has 0 aliphatic rings. The highest BCUT2D eigenvalue weighted by Gasteiger charge is 2.05. The summed E-state index contributed by atoms with van der Waals surface area (Å²) in [6, 6.07) is 18.8. The van der Waals surface area contributed by atoms with Crippen molar-refractivity contribution in [3.05, 3.63) is 71.8 Å². The number of ether oxygens (including phenoxy) is 2. The van der Waals surface area contributed by atoms with Gasteiger partial charge in [0, 0.05) is 6.54 Å². The Balaban J connectivity index is 1.52. The van der Waals surface area contributed by atoms with Crippen molar-refractivity contribution in [3.8, 4) is 0 Å². The summed E-state index contributed by atoms with van der Waals surface area (Å²) >= 11 is 0. The summed E-state index contributed by atoms with van der Waals surface area (Å²) in [5.74, 6) is -0.342. The quantitative estimate of drug-likeness (QED) is 0.442. The molecule has 0 aliphatic carbocycles. The summed E-state index contributed by atoms with van der Waals surface area (Å²) in [5, 5.41) is 0. The normalized spacial score (nSPS) is 10.0. The van der Waals surface area contributed by atoms with Crippen LogP contribution in [-0.4, -0.2) is 18.6 Å². The fourth-order valence-electron chi connectivity index (χ4n) is 1.87. The lowest BCUT2D eigenvalue weighted by atomic mass is 10.2. The Kier molecular flexibility index (Phi) is 7.30. The zero-order valence-electron chi connectivity index (χ0n) is 13.2. The van der Waals surface area contributed by atoms with Crippen LogP contribution in [0.2, 0.25) is 0 Å².